The van der Waals surface area contributed by atoms with E-state index in [1.54, 1.807) is 0 Å². The Morgan fingerprint density at radius 2 is 0.611 bits per heavy atom. The highest BCUT2D eigenvalue weighted by Gasteiger charge is 2.26. The molecule has 2 atom stereocenters. The number of unbranched alkanes of at least 4 members (excludes halogenated alkanes) is 55. The Kier molecular flexibility index (Phi) is 74.3. The van der Waals surface area contributed by atoms with E-state index in [0.29, 0.717) is 6.42 Å². The van der Waals surface area contributed by atoms with E-state index >= 15 is 0 Å². The first-order valence-corrected chi connectivity index (χ1v) is 41.1. The Bertz CT molecular complexity index is 1620. The maximum absolute atomic E-state index is 12.8. The van der Waals surface area contributed by atoms with Crippen molar-refractivity contribution in [2.24, 2.45) is 5.73 Å². The van der Waals surface area contributed by atoms with E-state index in [2.05, 4.69) is 62.5 Å². The van der Waals surface area contributed by atoms with Crippen molar-refractivity contribution in [1.82, 2.24) is 0 Å². The molecule has 0 heterocycles. The van der Waals surface area contributed by atoms with E-state index < -0.39 is 26.5 Å². The molecule has 530 valence electrons. The number of hydrogen-bond donors (Lipinski definition) is 2. The lowest BCUT2D eigenvalue weighted by atomic mass is 10.0. The summed E-state index contributed by atoms with van der Waals surface area (Å²) in [5, 5.41) is 0. The molecule has 0 aromatic rings. The number of hydrogen-bond acceptors (Lipinski definition) is 8. The summed E-state index contributed by atoms with van der Waals surface area (Å²) >= 11 is 0. The molecular weight excluding hydrogens is 1130 g/mol. The van der Waals surface area contributed by atoms with Crippen molar-refractivity contribution in [3.05, 3.63) is 48.6 Å². The Morgan fingerprint density at radius 1 is 0.344 bits per heavy atom. The highest BCUT2D eigenvalue weighted by molar-refractivity contribution is 7.47. The van der Waals surface area contributed by atoms with Crippen LogP contribution in [0.5, 0.6) is 0 Å². The van der Waals surface area contributed by atoms with Gasteiger partial charge < -0.3 is 20.1 Å². The molecule has 0 aromatic carbocycles. The molecule has 0 bridgehead atoms. The maximum Gasteiger partial charge on any atom is 0.472 e. The van der Waals surface area contributed by atoms with Gasteiger partial charge in [-0.05, 0) is 51.4 Å². The molecule has 9 nitrogen and oxygen atoms in total. The van der Waals surface area contributed by atoms with Crippen LogP contribution < -0.4 is 5.73 Å². The molecule has 2 unspecified atom stereocenters. The predicted molar refractivity (Wildman–Crippen MR) is 390 cm³/mol. The smallest absolute Gasteiger partial charge is 0.462 e. The molecule has 0 saturated heterocycles. The van der Waals surface area contributed by atoms with Crippen LogP contribution in [0.1, 0.15) is 418 Å². The summed E-state index contributed by atoms with van der Waals surface area (Å²) in [4.78, 5) is 35.4. The van der Waals surface area contributed by atoms with Crippen molar-refractivity contribution in [2.75, 3.05) is 26.4 Å². The third-order valence-corrected chi connectivity index (χ3v) is 19.0. The Morgan fingerprint density at radius 3 is 0.911 bits per heavy atom. The number of esters is 2. The molecule has 0 amide bonds. The van der Waals surface area contributed by atoms with Gasteiger partial charge in [0.1, 0.15) is 6.61 Å². The number of phosphoric ester groups is 1. The molecule has 0 aliphatic heterocycles. The van der Waals surface area contributed by atoms with Crippen LogP contribution in [0.3, 0.4) is 0 Å². The van der Waals surface area contributed by atoms with Gasteiger partial charge in [-0.25, -0.2) is 4.57 Å². The van der Waals surface area contributed by atoms with Crippen LogP contribution in [0.4, 0.5) is 0 Å². The molecule has 0 radical (unpaired) electrons. The molecule has 0 rings (SSSR count). The van der Waals surface area contributed by atoms with Crippen LogP contribution in [-0.2, 0) is 32.7 Å². The number of rotatable bonds is 76. The van der Waals surface area contributed by atoms with Crippen molar-refractivity contribution in [3.8, 4) is 0 Å². The highest BCUT2D eigenvalue weighted by Crippen LogP contribution is 2.43. The molecule has 10 heteroatoms. The third kappa shape index (κ3) is 75.0. The number of phosphoric acid groups is 1. The number of nitrogens with two attached hydrogens (primary N) is 1. The van der Waals surface area contributed by atoms with E-state index in [1.807, 2.05) is 0 Å². The van der Waals surface area contributed by atoms with Crippen molar-refractivity contribution >= 4 is 19.8 Å². The first kappa shape index (κ1) is 88.0. The predicted octanol–water partition coefficient (Wildman–Crippen LogP) is 26.4. The molecule has 90 heavy (non-hydrogen) atoms. The third-order valence-electron chi connectivity index (χ3n) is 18.0. The van der Waals surface area contributed by atoms with Gasteiger partial charge >= 0.3 is 19.8 Å². The van der Waals surface area contributed by atoms with Crippen LogP contribution in [-0.4, -0.2) is 49.3 Å². The maximum atomic E-state index is 12.8. The zero-order valence-electron chi connectivity index (χ0n) is 59.9. The summed E-state index contributed by atoms with van der Waals surface area (Å²) in [7, 11) is -4.39. The van der Waals surface area contributed by atoms with Gasteiger partial charge in [0.05, 0.1) is 13.2 Å². The van der Waals surface area contributed by atoms with Crippen molar-refractivity contribution in [2.45, 2.75) is 424 Å². The average Bonchev–Trinajstić information content (AvgIpc) is 3.75. The van der Waals surface area contributed by atoms with E-state index in [0.717, 1.165) is 64.2 Å². The molecular formula is C80H152NO8P. The normalized spacial score (nSPS) is 13.1. The van der Waals surface area contributed by atoms with Gasteiger partial charge in [0.25, 0.3) is 0 Å². The quantitative estimate of drug-likeness (QED) is 0.0264. The summed E-state index contributed by atoms with van der Waals surface area (Å²) in [6, 6.07) is 0. The second-order valence-corrected chi connectivity index (χ2v) is 28.4. The molecule has 0 aliphatic carbocycles. The molecule has 0 aromatic heterocycles. The lowest BCUT2D eigenvalue weighted by molar-refractivity contribution is -0.161. The van der Waals surface area contributed by atoms with Crippen LogP contribution >= 0.6 is 7.82 Å². The monoisotopic (exact) mass is 1290 g/mol. The summed E-state index contributed by atoms with van der Waals surface area (Å²) < 4.78 is 33.3. The minimum Gasteiger partial charge on any atom is -0.462 e. The highest BCUT2D eigenvalue weighted by atomic mass is 31.2. The van der Waals surface area contributed by atoms with Crippen molar-refractivity contribution in [1.29, 1.82) is 0 Å². The molecule has 0 aliphatic rings. The summed E-state index contributed by atoms with van der Waals surface area (Å²) in [6.45, 7) is 3.71. The minimum atomic E-state index is -4.39. The van der Waals surface area contributed by atoms with Crippen molar-refractivity contribution in [3.63, 3.8) is 0 Å². The van der Waals surface area contributed by atoms with Gasteiger partial charge in [0, 0.05) is 19.4 Å². The van der Waals surface area contributed by atoms with Gasteiger partial charge in [-0.1, -0.05) is 403 Å². The summed E-state index contributed by atoms with van der Waals surface area (Å²) in [6.07, 6.45) is 98.4. The van der Waals surface area contributed by atoms with E-state index in [4.69, 9.17) is 24.3 Å². The molecule has 0 spiro atoms. The zero-order valence-corrected chi connectivity index (χ0v) is 60.8. The first-order chi connectivity index (χ1) is 44.3. The minimum absolute atomic E-state index is 0.0552. The second kappa shape index (κ2) is 76.0. The number of carbonyl (C=O) groups excluding carboxylic acids is 2. The summed E-state index contributed by atoms with van der Waals surface area (Å²) in [5.74, 6) is -0.805. The van der Waals surface area contributed by atoms with E-state index in [1.165, 1.54) is 321 Å². The fourth-order valence-corrected chi connectivity index (χ4v) is 12.9. The number of ether oxygens (including phenoxy) is 2. The molecule has 3 N–H and O–H groups in total. The van der Waals surface area contributed by atoms with Crippen LogP contribution in [0.15, 0.2) is 48.6 Å². The fourth-order valence-electron chi connectivity index (χ4n) is 12.2. The first-order valence-electron chi connectivity index (χ1n) is 39.6. The zero-order chi connectivity index (χ0) is 65.1. The summed E-state index contributed by atoms with van der Waals surface area (Å²) in [5.41, 5.74) is 5.41. The topological polar surface area (TPSA) is 134 Å². The van der Waals surface area contributed by atoms with Gasteiger partial charge in [0.15, 0.2) is 6.10 Å². The fraction of sp³-hybridized carbons (Fsp3) is 0.875. The van der Waals surface area contributed by atoms with Gasteiger partial charge in [-0.15, -0.1) is 0 Å². The lowest BCUT2D eigenvalue weighted by Gasteiger charge is -2.19. The van der Waals surface area contributed by atoms with Crippen LogP contribution in [0, 0.1) is 0 Å². The largest absolute Gasteiger partial charge is 0.472 e. The lowest BCUT2D eigenvalue weighted by Crippen LogP contribution is -2.29. The van der Waals surface area contributed by atoms with Gasteiger partial charge in [0.2, 0.25) is 0 Å². The second-order valence-electron chi connectivity index (χ2n) is 26.9. The van der Waals surface area contributed by atoms with E-state index in [-0.39, 0.29) is 38.6 Å². The van der Waals surface area contributed by atoms with Crippen LogP contribution in [0.2, 0.25) is 0 Å². The number of allylic oxidation sites excluding steroid dienone is 8. The van der Waals surface area contributed by atoms with Crippen molar-refractivity contribution < 1.29 is 37.6 Å². The Hall–Kier alpha value is -2.03. The SMILES string of the molecule is CC/C=C\C/C=C\C/C=C\C/C=C\CCCCCCCCCCCCCCCCCCC(=O)OC(COC(=O)CCCCCCCCCCCCCCCCCCCCCCCCCCCCCCCCCCCCCCCCCC)COP(=O)(O)OCCN. The average molecular weight is 1290 g/mol. The van der Waals surface area contributed by atoms with Crippen LogP contribution in [0.25, 0.3) is 0 Å². The standard InChI is InChI=1S/C80H152NO8P/c1-3-5-7-9-11-13-15-17-19-21-23-25-27-29-31-33-34-35-36-37-38-39-40-41-42-43-45-46-48-50-52-54-56-58-60-62-64-66-68-70-72-79(82)86-76-78(77-88-90(84,85)87-75-74-81)89-80(83)73-71-69-67-65-63-61-59-57-55-53-51-49-47-44-32-30-28-26-24-22-20-18-16-14-12-10-8-6-4-2/h6,8,12,14,18,20,24,26,78H,3-5,7,9-11,13,15-17,19,21-23,25,27-77,81H2,1-2H3,(H,84,85)/b8-6-,14-12-,20-18-,26-24-. The van der Waals surface area contributed by atoms with Gasteiger partial charge in [-0.3, -0.25) is 18.6 Å². The molecule has 0 fully saturated rings. The Labute approximate surface area is 559 Å². The number of carbonyl (C=O) groups is 2. The Balaban J connectivity index is 3.73. The van der Waals surface area contributed by atoms with Gasteiger partial charge in [-0.2, -0.15) is 0 Å². The van der Waals surface area contributed by atoms with E-state index in [9.17, 15) is 19.0 Å². The molecule has 0 saturated carbocycles.